The van der Waals surface area contributed by atoms with Gasteiger partial charge in [-0.25, -0.2) is 0 Å². The molecule has 0 heterocycles. The van der Waals surface area contributed by atoms with Crippen LogP contribution in [0.15, 0.2) is 0 Å². The van der Waals surface area contributed by atoms with Crippen molar-refractivity contribution >= 4 is 5.97 Å². The van der Waals surface area contributed by atoms with Crippen LogP contribution in [0.25, 0.3) is 0 Å². The van der Waals surface area contributed by atoms with Gasteiger partial charge in [0.05, 0.1) is 6.92 Å². The van der Waals surface area contributed by atoms with Crippen LogP contribution < -0.4 is 0 Å². The number of hydrogen-bond acceptors (Lipinski definition) is 1. The molecule has 82 valence electrons. The molecule has 1 N–H and O–H groups in total. The smallest absolute Gasteiger partial charge is 0.315 e. The summed E-state index contributed by atoms with van der Waals surface area (Å²) in [5.74, 6) is 15.5. The summed E-state index contributed by atoms with van der Waals surface area (Å²) >= 11 is 0. The van der Waals surface area contributed by atoms with E-state index < -0.39 is 5.97 Å². The highest BCUT2D eigenvalue weighted by atomic mass is 16.4. The molecule has 0 amide bonds. The number of carbonyl (C=O) groups is 1. The van der Waals surface area contributed by atoms with Crippen LogP contribution in [0.2, 0.25) is 0 Å². The van der Waals surface area contributed by atoms with Crippen LogP contribution in [0.4, 0.5) is 0 Å². The fourth-order valence-electron chi connectivity index (χ4n) is 0.866. The quantitative estimate of drug-likeness (QED) is 0.575. The highest BCUT2D eigenvalue weighted by Gasteiger charge is 1.87. The van der Waals surface area contributed by atoms with Crippen LogP contribution in [0.5, 0.6) is 0 Å². The normalized spacial score (nSPS) is 7.56. The second-order valence-corrected chi connectivity index (χ2v) is 2.95. The molecule has 2 nitrogen and oxygen atoms in total. The maximum atomic E-state index is 10.1. The van der Waals surface area contributed by atoms with Crippen molar-refractivity contribution < 1.29 is 9.90 Å². The van der Waals surface area contributed by atoms with E-state index >= 15 is 0 Å². The Balaban J connectivity index is 3.39. The SMILES string of the molecule is [CH]C#CCCC#CCCCC#CCC(=O)O. The second kappa shape index (κ2) is 11.2. The first-order valence-electron chi connectivity index (χ1n) is 5.09. The molecule has 0 saturated carbocycles. The molecule has 0 aliphatic rings. The zero-order valence-corrected chi connectivity index (χ0v) is 9.18. The molecule has 0 aromatic heterocycles. The van der Waals surface area contributed by atoms with Crippen LogP contribution in [0, 0.1) is 42.4 Å². The molecule has 2 heteroatoms. The Morgan fingerprint density at radius 3 is 2.12 bits per heavy atom. The van der Waals surface area contributed by atoms with Crippen LogP contribution in [0.3, 0.4) is 0 Å². The van der Waals surface area contributed by atoms with Crippen molar-refractivity contribution in [3.05, 3.63) is 6.92 Å². The molecular weight excluding hydrogens is 200 g/mol. The zero-order valence-electron chi connectivity index (χ0n) is 9.18. The van der Waals surface area contributed by atoms with Crippen LogP contribution in [-0.4, -0.2) is 11.1 Å². The van der Waals surface area contributed by atoms with E-state index in [9.17, 15) is 4.79 Å². The third-order valence-electron chi connectivity index (χ3n) is 1.57. The minimum Gasteiger partial charge on any atom is -0.481 e. The first-order chi connectivity index (χ1) is 7.77. The fourth-order valence-corrected chi connectivity index (χ4v) is 0.866. The Morgan fingerprint density at radius 2 is 1.50 bits per heavy atom. The van der Waals surface area contributed by atoms with Gasteiger partial charge in [0, 0.05) is 25.7 Å². The fraction of sp³-hybridized carbons (Fsp3) is 0.429. The first-order valence-corrected chi connectivity index (χ1v) is 5.09. The van der Waals surface area contributed by atoms with Crippen LogP contribution in [0.1, 0.15) is 38.5 Å². The molecule has 0 spiro atoms. The van der Waals surface area contributed by atoms with Gasteiger partial charge in [-0.15, -0.1) is 23.7 Å². The third kappa shape index (κ3) is 12.2. The Kier molecular flexibility index (Phi) is 9.93. The highest BCUT2D eigenvalue weighted by molar-refractivity contribution is 5.69. The molecule has 0 rings (SSSR count). The summed E-state index contributed by atoms with van der Waals surface area (Å²) < 4.78 is 0. The van der Waals surface area contributed by atoms with Gasteiger partial charge in [-0.2, -0.15) is 0 Å². The summed E-state index contributed by atoms with van der Waals surface area (Å²) in [6.45, 7) is 4.99. The molecule has 0 aromatic carbocycles. The van der Waals surface area contributed by atoms with Crippen molar-refractivity contribution in [1.29, 1.82) is 0 Å². The Morgan fingerprint density at radius 1 is 0.938 bits per heavy atom. The van der Waals surface area contributed by atoms with E-state index in [4.69, 9.17) is 12.0 Å². The minimum atomic E-state index is -0.881. The van der Waals surface area contributed by atoms with E-state index in [-0.39, 0.29) is 6.42 Å². The van der Waals surface area contributed by atoms with Gasteiger partial charge in [-0.05, 0) is 6.42 Å². The van der Waals surface area contributed by atoms with Gasteiger partial charge in [0.2, 0.25) is 0 Å². The number of carboxylic acid groups (broad SMARTS) is 1. The second-order valence-electron chi connectivity index (χ2n) is 2.95. The maximum absolute atomic E-state index is 10.1. The molecule has 0 aromatic rings. The van der Waals surface area contributed by atoms with E-state index in [0.29, 0.717) is 12.8 Å². The number of rotatable bonds is 4. The monoisotopic (exact) mass is 214 g/mol. The number of carboxylic acids is 1. The van der Waals surface area contributed by atoms with Crippen LogP contribution >= 0.6 is 0 Å². The van der Waals surface area contributed by atoms with Crippen molar-refractivity contribution in [1.82, 2.24) is 0 Å². The largest absolute Gasteiger partial charge is 0.481 e. The maximum Gasteiger partial charge on any atom is 0.315 e. The van der Waals surface area contributed by atoms with E-state index in [1.807, 2.05) is 0 Å². The number of hydrogen-bond donors (Lipinski definition) is 1. The van der Waals surface area contributed by atoms with Gasteiger partial charge in [-0.3, -0.25) is 4.79 Å². The Hall–Kier alpha value is -1.85. The molecular formula is C14H14O2. The van der Waals surface area contributed by atoms with Crippen molar-refractivity contribution in [2.75, 3.05) is 0 Å². The zero-order chi connectivity index (χ0) is 12.1. The molecule has 0 unspecified atom stereocenters. The van der Waals surface area contributed by atoms with Crippen molar-refractivity contribution in [3.63, 3.8) is 0 Å². The van der Waals surface area contributed by atoms with Gasteiger partial charge in [-0.1, -0.05) is 11.8 Å². The summed E-state index contributed by atoms with van der Waals surface area (Å²) in [4.78, 5) is 10.1. The van der Waals surface area contributed by atoms with Gasteiger partial charge >= 0.3 is 5.97 Å². The summed E-state index contributed by atoms with van der Waals surface area (Å²) in [5.41, 5.74) is 0. The van der Waals surface area contributed by atoms with E-state index in [1.54, 1.807) is 0 Å². The standard InChI is InChI=1S/C14H14O2/c1-2-3-4-5-6-7-8-9-10-11-12-13-14(15)16/h1H,4-5,8-10,13H2,(H,15,16). The lowest BCUT2D eigenvalue weighted by Gasteiger charge is -1.85. The van der Waals surface area contributed by atoms with Gasteiger partial charge in [0.15, 0.2) is 0 Å². The van der Waals surface area contributed by atoms with E-state index in [0.717, 1.165) is 19.3 Å². The summed E-state index contributed by atoms with van der Waals surface area (Å²) in [5, 5.41) is 8.31. The highest BCUT2D eigenvalue weighted by Crippen LogP contribution is 1.93. The molecule has 0 fully saturated rings. The van der Waals surface area contributed by atoms with Gasteiger partial charge in [0.1, 0.15) is 6.42 Å². The lowest BCUT2D eigenvalue weighted by atomic mass is 10.2. The summed E-state index contributed by atoms with van der Waals surface area (Å²) in [6, 6.07) is 0. The number of unbranched alkanes of at least 4 members (excludes halogenated alkanes) is 3. The average Bonchev–Trinajstić information content (AvgIpc) is 2.25. The van der Waals surface area contributed by atoms with Crippen molar-refractivity contribution in [3.8, 4) is 35.5 Å². The van der Waals surface area contributed by atoms with Crippen molar-refractivity contribution in [2.45, 2.75) is 38.5 Å². The molecule has 16 heavy (non-hydrogen) atoms. The Bertz CT molecular complexity index is 374. The molecule has 0 atom stereocenters. The van der Waals surface area contributed by atoms with Crippen LogP contribution in [-0.2, 0) is 4.79 Å². The molecule has 0 saturated heterocycles. The predicted octanol–water partition coefficient (Wildman–Crippen LogP) is 2.13. The predicted molar refractivity (Wildman–Crippen MR) is 63.0 cm³/mol. The summed E-state index contributed by atoms with van der Waals surface area (Å²) in [6.07, 6.45) is 3.74. The average molecular weight is 214 g/mol. The minimum absolute atomic E-state index is 0.0799. The topological polar surface area (TPSA) is 37.3 Å². The third-order valence-corrected chi connectivity index (χ3v) is 1.57. The Labute approximate surface area is 97.4 Å². The van der Waals surface area contributed by atoms with Crippen molar-refractivity contribution in [2.24, 2.45) is 0 Å². The van der Waals surface area contributed by atoms with E-state index in [1.165, 1.54) is 0 Å². The van der Waals surface area contributed by atoms with Gasteiger partial charge < -0.3 is 5.11 Å². The molecule has 0 bridgehead atoms. The lowest BCUT2D eigenvalue weighted by molar-refractivity contribution is -0.135. The molecule has 0 aliphatic carbocycles. The first kappa shape index (κ1) is 14.2. The summed E-state index contributed by atoms with van der Waals surface area (Å²) in [7, 11) is 0. The van der Waals surface area contributed by atoms with Gasteiger partial charge in [0.25, 0.3) is 0 Å². The molecule has 0 aliphatic heterocycles. The number of aliphatic carboxylic acids is 1. The lowest BCUT2D eigenvalue weighted by Crippen LogP contribution is -1.89. The molecule has 2 radical (unpaired) electrons. The van der Waals surface area contributed by atoms with E-state index in [2.05, 4.69) is 35.5 Å².